The summed E-state index contributed by atoms with van der Waals surface area (Å²) in [6, 6.07) is 8.43. The van der Waals surface area contributed by atoms with Crippen molar-refractivity contribution in [2.24, 2.45) is 5.92 Å². The van der Waals surface area contributed by atoms with Gasteiger partial charge in [-0.2, -0.15) is 9.61 Å². The zero-order valence-corrected chi connectivity index (χ0v) is 27.4. The normalized spacial score (nSPS) is 20.7. The second-order valence-corrected chi connectivity index (χ2v) is 13.1. The van der Waals surface area contributed by atoms with Crippen LogP contribution in [0.5, 0.6) is 0 Å². The Morgan fingerprint density at radius 1 is 1.02 bits per heavy atom. The minimum atomic E-state index is -0.988. The Morgan fingerprint density at radius 2 is 1.88 bits per heavy atom. The van der Waals surface area contributed by atoms with Gasteiger partial charge in [-0.3, -0.25) is 34.2 Å². The summed E-state index contributed by atoms with van der Waals surface area (Å²) >= 11 is 0. The monoisotopic (exact) mass is 656 g/mol. The van der Waals surface area contributed by atoms with E-state index < -0.39 is 29.7 Å². The Kier molecular flexibility index (Phi) is 10.3. The number of imide groups is 2. The third-order valence-corrected chi connectivity index (χ3v) is 9.51. The van der Waals surface area contributed by atoms with E-state index in [4.69, 9.17) is 0 Å². The van der Waals surface area contributed by atoms with Crippen LogP contribution in [0.4, 0.5) is 11.5 Å². The van der Waals surface area contributed by atoms with Gasteiger partial charge in [0.05, 0.1) is 17.3 Å². The third kappa shape index (κ3) is 7.34. The van der Waals surface area contributed by atoms with Gasteiger partial charge < -0.3 is 16.0 Å². The molecule has 4 N–H and O–H groups in total. The number of nitrogens with zero attached hydrogens (tertiary/aromatic N) is 4. The lowest BCUT2D eigenvalue weighted by atomic mass is 10.0. The molecule has 48 heavy (non-hydrogen) atoms. The molecule has 4 heterocycles. The molecule has 13 nitrogen and oxygen atoms in total. The van der Waals surface area contributed by atoms with Crippen LogP contribution < -0.4 is 21.3 Å². The van der Waals surface area contributed by atoms with Crippen molar-refractivity contribution in [2.45, 2.75) is 96.1 Å². The van der Waals surface area contributed by atoms with E-state index in [1.807, 2.05) is 10.6 Å². The predicted molar refractivity (Wildman–Crippen MR) is 179 cm³/mol. The number of benzene rings is 1. The quantitative estimate of drug-likeness (QED) is 0.140. The number of carbonyl (C=O) groups is 5. The molecule has 0 radical (unpaired) electrons. The van der Waals surface area contributed by atoms with Crippen molar-refractivity contribution < 1.29 is 24.0 Å². The number of hydrogen-bond donors (Lipinski definition) is 4. The van der Waals surface area contributed by atoms with Crippen LogP contribution in [0.15, 0.2) is 36.5 Å². The van der Waals surface area contributed by atoms with Crippen molar-refractivity contribution in [3.63, 3.8) is 0 Å². The zero-order chi connectivity index (χ0) is 33.6. The number of anilines is 2. The van der Waals surface area contributed by atoms with Crippen LogP contribution in [-0.4, -0.2) is 74.2 Å². The largest absolute Gasteiger partial charge is 0.384 e. The fourth-order valence-corrected chi connectivity index (χ4v) is 7.05. The average Bonchev–Trinajstić information content (AvgIpc) is 3.79. The highest BCUT2D eigenvalue weighted by Crippen LogP contribution is 2.32. The summed E-state index contributed by atoms with van der Waals surface area (Å²) in [7, 11) is 0. The van der Waals surface area contributed by atoms with Gasteiger partial charge in [0.1, 0.15) is 11.9 Å². The summed E-state index contributed by atoms with van der Waals surface area (Å²) in [5.74, 6) is -0.549. The highest BCUT2D eigenvalue weighted by Gasteiger charge is 2.45. The van der Waals surface area contributed by atoms with E-state index >= 15 is 0 Å². The molecule has 2 aromatic heterocycles. The molecule has 5 amide bonds. The second-order valence-electron chi connectivity index (χ2n) is 13.1. The van der Waals surface area contributed by atoms with Gasteiger partial charge in [0, 0.05) is 55.5 Å². The summed E-state index contributed by atoms with van der Waals surface area (Å²) in [4.78, 5) is 68.4. The first kappa shape index (κ1) is 33.1. The number of aromatic nitrogens is 3. The first-order chi connectivity index (χ1) is 23.3. The van der Waals surface area contributed by atoms with Gasteiger partial charge >= 0.3 is 0 Å². The van der Waals surface area contributed by atoms with Gasteiger partial charge in [-0.25, -0.2) is 4.98 Å². The molecule has 13 heteroatoms. The maximum atomic E-state index is 13.2. The fourth-order valence-electron chi connectivity index (χ4n) is 7.05. The lowest BCUT2D eigenvalue weighted by Crippen LogP contribution is -2.54. The lowest BCUT2D eigenvalue weighted by Gasteiger charge is -2.27. The third-order valence-electron chi connectivity index (χ3n) is 9.51. The SMILES string of the molecule is CCCc1cc(N[C@@H]2CCC(CNC(=O)CCCCCCNc3cccc4c3C(=O)N(C3CCC(=O)NC3=O)C4=O)C2)n2nccc2n1. The van der Waals surface area contributed by atoms with Crippen molar-refractivity contribution in [1.29, 1.82) is 0 Å². The van der Waals surface area contributed by atoms with E-state index in [0.29, 0.717) is 37.2 Å². The summed E-state index contributed by atoms with van der Waals surface area (Å²) in [5.41, 5.74) is 3.01. The van der Waals surface area contributed by atoms with Crippen molar-refractivity contribution in [2.75, 3.05) is 23.7 Å². The first-order valence-electron chi connectivity index (χ1n) is 17.3. The maximum Gasteiger partial charge on any atom is 0.264 e. The summed E-state index contributed by atoms with van der Waals surface area (Å²) in [6.07, 6.45) is 11.0. The van der Waals surface area contributed by atoms with Crippen LogP contribution in [0.25, 0.3) is 5.65 Å². The summed E-state index contributed by atoms with van der Waals surface area (Å²) < 4.78 is 1.86. The van der Waals surface area contributed by atoms with Crippen LogP contribution in [0.2, 0.25) is 0 Å². The van der Waals surface area contributed by atoms with E-state index in [9.17, 15) is 24.0 Å². The number of amides is 5. The number of unbranched alkanes of at least 4 members (excludes halogenated alkanes) is 3. The number of nitrogens with one attached hydrogen (secondary N) is 4. The predicted octanol–water partition coefficient (Wildman–Crippen LogP) is 3.84. The van der Waals surface area contributed by atoms with Gasteiger partial charge in [0.2, 0.25) is 17.7 Å². The minimum Gasteiger partial charge on any atom is -0.384 e. The molecule has 1 saturated heterocycles. The smallest absolute Gasteiger partial charge is 0.264 e. The van der Waals surface area contributed by atoms with Crippen LogP contribution in [-0.2, 0) is 20.8 Å². The van der Waals surface area contributed by atoms with E-state index in [1.165, 1.54) is 0 Å². The molecule has 1 aliphatic carbocycles. The van der Waals surface area contributed by atoms with E-state index in [2.05, 4.69) is 44.3 Å². The van der Waals surface area contributed by atoms with Gasteiger partial charge in [-0.05, 0) is 63.0 Å². The lowest BCUT2D eigenvalue weighted by molar-refractivity contribution is -0.136. The van der Waals surface area contributed by atoms with Crippen LogP contribution >= 0.6 is 0 Å². The van der Waals surface area contributed by atoms with Gasteiger partial charge in [-0.1, -0.05) is 32.3 Å². The van der Waals surface area contributed by atoms with E-state index in [1.54, 1.807) is 24.4 Å². The van der Waals surface area contributed by atoms with Gasteiger partial charge in [0.15, 0.2) is 5.65 Å². The molecule has 3 aromatic rings. The molecule has 1 aromatic carbocycles. The number of carbonyl (C=O) groups excluding carboxylic acids is 5. The average molecular weight is 657 g/mol. The molecule has 6 rings (SSSR count). The molecular formula is C35H44N8O5. The van der Waals surface area contributed by atoms with E-state index in [-0.39, 0.29) is 29.9 Å². The Hall–Kier alpha value is -4.81. The fraction of sp³-hybridized carbons (Fsp3) is 0.514. The highest BCUT2D eigenvalue weighted by molar-refractivity contribution is 6.25. The number of hydrogen-bond acceptors (Lipinski definition) is 9. The molecule has 1 saturated carbocycles. The Labute approximate surface area is 279 Å². The summed E-state index contributed by atoms with van der Waals surface area (Å²) in [5, 5.41) is 16.7. The number of rotatable bonds is 15. The van der Waals surface area contributed by atoms with Crippen LogP contribution in [0, 0.1) is 5.92 Å². The van der Waals surface area contributed by atoms with Gasteiger partial charge in [-0.15, -0.1) is 0 Å². The molecule has 254 valence electrons. The standard InChI is InChI=1S/C35H44N8O5/c1-2-8-23-20-29(43-28(39-23)16-18-38-43)40-24-13-12-22(19-24)21-37-30(44)11-5-3-4-6-17-36-26-10-7-9-25-32(26)35(48)42(34(25)47)27-14-15-31(45)41-33(27)46/h7,9-10,16,18,20,22,24,27,36,40H,2-6,8,11-15,17,19,21H2,1H3,(H,37,44)(H,41,45,46)/t22?,24-,27?/m1/s1. The Bertz CT molecular complexity index is 1700. The summed E-state index contributed by atoms with van der Waals surface area (Å²) in [6.45, 7) is 3.45. The molecule has 3 aliphatic rings. The minimum absolute atomic E-state index is 0.0824. The van der Waals surface area contributed by atoms with Crippen molar-refractivity contribution >= 4 is 46.7 Å². The molecular weight excluding hydrogens is 612 g/mol. The van der Waals surface area contributed by atoms with Crippen LogP contribution in [0.3, 0.4) is 0 Å². The number of aryl methyl sites for hydroxylation is 1. The zero-order valence-electron chi connectivity index (χ0n) is 27.4. The second kappa shape index (κ2) is 15.0. The Morgan fingerprint density at radius 3 is 2.71 bits per heavy atom. The molecule has 2 fully saturated rings. The number of fused-ring (bicyclic) bond motifs is 2. The Balaban J connectivity index is 0.871. The molecule has 3 atom stereocenters. The number of piperidine rings is 1. The molecule has 0 spiro atoms. The van der Waals surface area contributed by atoms with Gasteiger partial charge in [0.25, 0.3) is 11.8 Å². The van der Waals surface area contributed by atoms with E-state index in [0.717, 1.165) is 79.8 Å². The molecule has 0 bridgehead atoms. The molecule has 2 unspecified atom stereocenters. The maximum absolute atomic E-state index is 13.2. The van der Waals surface area contributed by atoms with Crippen molar-refractivity contribution in [3.8, 4) is 0 Å². The van der Waals surface area contributed by atoms with Crippen molar-refractivity contribution in [1.82, 2.24) is 30.1 Å². The topological polar surface area (TPSA) is 167 Å². The first-order valence-corrected chi connectivity index (χ1v) is 17.3. The van der Waals surface area contributed by atoms with Crippen LogP contribution in [0.1, 0.15) is 104 Å². The molecule has 2 aliphatic heterocycles. The van der Waals surface area contributed by atoms with Crippen molar-refractivity contribution in [3.05, 3.63) is 53.3 Å². The highest BCUT2D eigenvalue weighted by atomic mass is 16.2.